The molecule has 5 nitrogen and oxygen atoms in total. The lowest BCUT2D eigenvalue weighted by Gasteiger charge is -2.13. The molecule has 0 saturated carbocycles. The van der Waals surface area contributed by atoms with E-state index in [4.69, 9.17) is 0 Å². The molecule has 0 saturated heterocycles. The number of hydrogen-bond donors (Lipinski definition) is 1. The van der Waals surface area contributed by atoms with Crippen LogP contribution in [0, 0.1) is 12.7 Å². The van der Waals surface area contributed by atoms with Gasteiger partial charge in [0, 0.05) is 17.8 Å². The van der Waals surface area contributed by atoms with Crippen molar-refractivity contribution in [1.29, 1.82) is 0 Å². The van der Waals surface area contributed by atoms with E-state index in [0.29, 0.717) is 12.2 Å². The van der Waals surface area contributed by atoms with Crippen LogP contribution in [-0.4, -0.2) is 32.8 Å². The van der Waals surface area contributed by atoms with Crippen LogP contribution in [0.1, 0.15) is 24.1 Å². The number of rotatable bonds is 7. The molecule has 4 rings (SSSR count). The predicted molar refractivity (Wildman–Crippen MR) is 122 cm³/mol. The molecule has 1 amide bonds. The van der Waals surface area contributed by atoms with Gasteiger partial charge in [-0.2, -0.15) is 5.10 Å². The van der Waals surface area contributed by atoms with Crippen LogP contribution in [0.5, 0.6) is 0 Å². The Kier molecular flexibility index (Phi) is 6.32. The van der Waals surface area contributed by atoms with Crippen LogP contribution in [-0.2, 0) is 4.79 Å². The molecule has 2 heterocycles. The number of thioether (sulfide) groups is 1. The second-order valence-corrected chi connectivity index (χ2v) is 8.44. The summed E-state index contributed by atoms with van der Waals surface area (Å²) < 4.78 is 15.0. The number of amides is 1. The summed E-state index contributed by atoms with van der Waals surface area (Å²) in [5, 5.41) is 8.30. The molecule has 0 aliphatic carbocycles. The van der Waals surface area contributed by atoms with Crippen molar-refractivity contribution in [1.82, 2.24) is 19.9 Å². The molecule has 1 N–H and O–H groups in total. The number of benzene rings is 2. The molecule has 0 radical (unpaired) electrons. The van der Waals surface area contributed by atoms with Crippen molar-refractivity contribution >= 4 is 23.3 Å². The van der Waals surface area contributed by atoms with Gasteiger partial charge in [0.15, 0.2) is 5.65 Å². The Bertz CT molecular complexity index is 1190. The number of nitrogens with one attached hydrogen (secondary N) is 1. The zero-order valence-corrected chi connectivity index (χ0v) is 18.2. The van der Waals surface area contributed by atoms with E-state index in [2.05, 4.69) is 34.5 Å². The van der Waals surface area contributed by atoms with Gasteiger partial charge >= 0.3 is 0 Å². The zero-order valence-electron chi connectivity index (χ0n) is 17.4. The number of fused-ring (bicyclic) bond motifs is 1. The fourth-order valence-corrected chi connectivity index (χ4v) is 4.23. The number of aromatic nitrogens is 3. The molecule has 0 aliphatic heterocycles. The molecule has 31 heavy (non-hydrogen) atoms. The largest absolute Gasteiger partial charge is 0.355 e. The molecule has 1 atom stereocenters. The van der Waals surface area contributed by atoms with Crippen LogP contribution in [0.4, 0.5) is 4.39 Å². The maximum Gasteiger partial charge on any atom is 0.230 e. The molecule has 4 aromatic rings. The molecule has 2 aromatic carbocycles. The Morgan fingerprint density at radius 3 is 2.65 bits per heavy atom. The van der Waals surface area contributed by atoms with Gasteiger partial charge in [0.25, 0.3) is 0 Å². The van der Waals surface area contributed by atoms with Gasteiger partial charge in [-0.05, 0) is 42.2 Å². The highest BCUT2D eigenvalue weighted by atomic mass is 32.2. The minimum absolute atomic E-state index is 0.0266. The minimum Gasteiger partial charge on any atom is -0.355 e. The van der Waals surface area contributed by atoms with Gasteiger partial charge in [0.1, 0.15) is 10.8 Å². The first-order valence-electron chi connectivity index (χ1n) is 10.1. The normalized spacial score (nSPS) is 12.1. The standard InChI is InChI=1S/C24H23FN4OS/c1-16(18-6-4-3-5-7-18)13-26-22(30)15-31-23-12-17(2)28-24-21(14-27-29(23)24)19-8-10-20(25)11-9-19/h3-12,14,16H,13,15H2,1-2H3,(H,26,30)/t16-/m1/s1. The van der Waals surface area contributed by atoms with Crippen LogP contribution < -0.4 is 5.32 Å². The molecule has 0 bridgehead atoms. The van der Waals surface area contributed by atoms with Crippen molar-refractivity contribution in [3.05, 3.63) is 83.9 Å². The summed E-state index contributed by atoms with van der Waals surface area (Å²) in [6, 6.07) is 18.3. The first kappa shape index (κ1) is 21.1. The maximum atomic E-state index is 13.3. The third-order valence-electron chi connectivity index (χ3n) is 5.05. The van der Waals surface area contributed by atoms with Crippen molar-refractivity contribution in [2.24, 2.45) is 0 Å². The molecular formula is C24H23FN4OS. The van der Waals surface area contributed by atoms with Gasteiger partial charge in [-0.3, -0.25) is 4.79 Å². The van der Waals surface area contributed by atoms with Gasteiger partial charge < -0.3 is 5.32 Å². The van der Waals surface area contributed by atoms with Crippen LogP contribution in [0.25, 0.3) is 16.8 Å². The summed E-state index contributed by atoms with van der Waals surface area (Å²) in [6.45, 7) is 4.59. The summed E-state index contributed by atoms with van der Waals surface area (Å²) in [6.07, 6.45) is 1.72. The van der Waals surface area contributed by atoms with Gasteiger partial charge in [-0.15, -0.1) is 0 Å². The lowest BCUT2D eigenvalue weighted by Crippen LogP contribution is -2.29. The van der Waals surface area contributed by atoms with Gasteiger partial charge in [0.05, 0.1) is 11.9 Å². The number of aryl methyl sites for hydroxylation is 1. The Morgan fingerprint density at radius 1 is 1.16 bits per heavy atom. The molecular weight excluding hydrogens is 411 g/mol. The molecule has 0 unspecified atom stereocenters. The van der Waals surface area contributed by atoms with E-state index in [1.165, 1.54) is 29.5 Å². The Balaban J connectivity index is 1.45. The fraction of sp³-hybridized carbons (Fsp3) is 0.208. The molecule has 158 valence electrons. The van der Waals surface area contributed by atoms with Crippen molar-refractivity contribution in [2.75, 3.05) is 12.3 Å². The Labute approximate surface area is 184 Å². The SMILES string of the molecule is Cc1cc(SCC(=O)NC[C@@H](C)c2ccccc2)n2ncc(-c3ccc(F)cc3)c2n1. The number of halogens is 1. The van der Waals surface area contributed by atoms with E-state index in [-0.39, 0.29) is 23.4 Å². The van der Waals surface area contributed by atoms with Crippen molar-refractivity contribution in [3.8, 4) is 11.1 Å². The topological polar surface area (TPSA) is 59.3 Å². The first-order chi connectivity index (χ1) is 15.0. The summed E-state index contributed by atoms with van der Waals surface area (Å²) in [4.78, 5) is 17.0. The van der Waals surface area contributed by atoms with Crippen molar-refractivity contribution < 1.29 is 9.18 Å². The Morgan fingerprint density at radius 2 is 1.90 bits per heavy atom. The van der Waals surface area contributed by atoms with Crippen LogP contribution in [0.3, 0.4) is 0 Å². The Hall–Kier alpha value is -3.19. The third kappa shape index (κ3) is 4.94. The number of carbonyl (C=O) groups is 1. The van der Waals surface area contributed by atoms with Crippen molar-refractivity contribution in [3.63, 3.8) is 0 Å². The lowest BCUT2D eigenvalue weighted by atomic mass is 10.0. The van der Waals surface area contributed by atoms with E-state index >= 15 is 0 Å². The maximum absolute atomic E-state index is 13.3. The van der Waals surface area contributed by atoms with E-state index < -0.39 is 0 Å². The third-order valence-corrected chi connectivity index (χ3v) is 6.04. The predicted octanol–water partition coefficient (Wildman–Crippen LogP) is 4.86. The number of hydrogen-bond acceptors (Lipinski definition) is 4. The summed E-state index contributed by atoms with van der Waals surface area (Å²) in [5.41, 5.74) is 4.39. The smallest absolute Gasteiger partial charge is 0.230 e. The molecule has 2 aromatic heterocycles. The number of nitrogens with zero attached hydrogens (tertiary/aromatic N) is 3. The first-order valence-corrected chi connectivity index (χ1v) is 11.1. The summed E-state index contributed by atoms with van der Waals surface area (Å²) in [7, 11) is 0. The van der Waals surface area contributed by atoms with Gasteiger partial charge in [0.2, 0.25) is 5.91 Å². The molecule has 0 fully saturated rings. The van der Waals surface area contributed by atoms with E-state index in [1.54, 1.807) is 22.8 Å². The quantitative estimate of drug-likeness (QED) is 0.334. The summed E-state index contributed by atoms with van der Waals surface area (Å²) >= 11 is 1.42. The van der Waals surface area contributed by atoms with Gasteiger partial charge in [-0.1, -0.05) is 61.2 Å². The lowest BCUT2D eigenvalue weighted by molar-refractivity contribution is -0.118. The second kappa shape index (κ2) is 9.31. The highest BCUT2D eigenvalue weighted by Crippen LogP contribution is 2.27. The highest BCUT2D eigenvalue weighted by molar-refractivity contribution is 7.99. The average Bonchev–Trinajstić information content (AvgIpc) is 3.20. The molecule has 0 aliphatic rings. The van der Waals surface area contributed by atoms with Crippen molar-refractivity contribution in [2.45, 2.75) is 24.8 Å². The van der Waals surface area contributed by atoms with E-state index in [0.717, 1.165) is 21.8 Å². The average molecular weight is 435 g/mol. The number of carbonyl (C=O) groups excluding carboxylic acids is 1. The molecule has 7 heteroatoms. The molecule has 0 spiro atoms. The van der Waals surface area contributed by atoms with E-state index in [9.17, 15) is 9.18 Å². The monoisotopic (exact) mass is 434 g/mol. The van der Waals surface area contributed by atoms with Gasteiger partial charge in [-0.25, -0.2) is 13.9 Å². The zero-order chi connectivity index (χ0) is 21.8. The summed E-state index contributed by atoms with van der Waals surface area (Å²) in [5.74, 6) is 0.218. The van der Waals surface area contributed by atoms with Crippen LogP contribution >= 0.6 is 11.8 Å². The van der Waals surface area contributed by atoms with Crippen LogP contribution in [0.15, 0.2) is 71.9 Å². The second-order valence-electron chi connectivity index (χ2n) is 7.44. The minimum atomic E-state index is -0.284. The van der Waals surface area contributed by atoms with Crippen LogP contribution in [0.2, 0.25) is 0 Å². The highest BCUT2D eigenvalue weighted by Gasteiger charge is 2.14. The fourth-order valence-electron chi connectivity index (χ4n) is 3.34. The van der Waals surface area contributed by atoms with E-state index in [1.807, 2.05) is 31.2 Å².